The second kappa shape index (κ2) is 6.80. The van der Waals surface area contributed by atoms with E-state index in [1.165, 1.54) is 0 Å². The lowest BCUT2D eigenvalue weighted by Gasteiger charge is -2.14. The molecule has 0 aliphatic carbocycles. The largest absolute Gasteiger partial charge is 0.294 e. The minimum absolute atomic E-state index is 0.172. The summed E-state index contributed by atoms with van der Waals surface area (Å²) >= 11 is 5.98. The van der Waals surface area contributed by atoms with Crippen molar-refractivity contribution < 1.29 is 4.79 Å². The fourth-order valence-corrected chi connectivity index (χ4v) is 2.25. The lowest BCUT2D eigenvalue weighted by Crippen LogP contribution is -2.14. The van der Waals surface area contributed by atoms with Crippen LogP contribution in [0.2, 0.25) is 5.02 Å². The molecule has 1 aromatic carbocycles. The molecule has 0 radical (unpaired) electrons. The first-order valence-electron chi connectivity index (χ1n) is 6.40. The normalized spacial score (nSPS) is 10.9. The summed E-state index contributed by atoms with van der Waals surface area (Å²) in [4.78, 5) is 12.3. The molecule has 0 aromatic heterocycles. The van der Waals surface area contributed by atoms with Gasteiger partial charge in [-0.25, -0.2) is 0 Å². The van der Waals surface area contributed by atoms with E-state index in [0.29, 0.717) is 0 Å². The molecule has 0 saturated heterocycles. The molecule has 0 saturated carbocycles. The monoisotopic (exact) mass is 252 g/mol. The number of benzene rings is 1. The number of ketones is 1. The topological polar surface area (TPSA) is 17.1 Å². The summed E-state index contributed by atoms with van der Waals surface area (Å²) in [7, 11) is 0. The van der Waals surface area contributed by atoms with Crippen LogP contribution in [0.15, 0.2) is 18.2 Å². The minimum atomic E-state index is 0.172. The highest BCUT2D eigenvalue weighted by Crippen LogP contribution is 2.22. The molecular formula is C15H21ClO. The van der Waals surface area contributed by atoms with Gasteiger partial charge in [-0.15, -0.1) is 0 Å². The highest BCUT2D eigenvalue weighted by molar-refractivity contribution is 6.31. The van der Waals surface area contributed by atoms with Crippen LogP contribution in [0.5, 0.6) is 0 Å². The van der Waals surface area contributed by atoms with Crippen molar-refractivity contribution >= 4 is 17.4 Å². The van der Waals surface area contributed by atoms with Crippen molar-refractivity contribution in [1.82, 2.24) is 0 Å². The van der Waals surface area contributed by atoms with Gasteiger partial charge in [-0.3, -0.25) is 4.79 Å². The Hall–Kier alpha value is -0.820. The number of Topliss-reactive ketones (excluding diaryl/α,β-unsaturated/α-hetero) is 1. The lowest BCUT2D eigenvalue weighted by atomic mass is 9.89. The Morgan fingerprint density at radius 2 is 1.82 bits per heavy atom. The summed E-state index contributed by atoms with van der Waals surface area (Å²) in [6.45, 7) is 6.19. The molecular weight excluding hydrogens is 232 g/mol. The Labute approximate surface area is 109 Å². The number of halogens is 1. The van der Waals surface area contributed by atoms with Crippen LogP contribution in [-0.4, -0.2) is 5.78 Å². The Bertz CT molecular complexity index is 379. The van der Waals surface area contributed by atoms with Crippen LogP contribution in [0.3, 0.4) is 0 Å². The van der Waals surface area contributed by atoms with Crippen molar-refractivity contribution in [3.63, 3.8) is 0 Å². The van der Waals surface area contributed by atoms with Gasteiger partial charge in [-0.1, -0.05) is 38.3 Å². The van der Waals surface area contributed by atoms with E-state index in [9.17, 15) is 4.79 Å². The zero-order chi connectivity index (χ0) is 12.8. The molecule has 17 heavy (non-hydrogen) atoms. The third kappa shape index (κ3) is 3.85. The lowest BCUT2D eigenvalue weighted by molar-refractivity contribution is 0.0905. The van der Waals surface area contributed by atoms with Gasteiger partial charge in [0, 0.05) is 16.5 Å². The van der Waals surface area contributed by atoms with E-state index in [1.807, 2.05) is 25.1 Å². The van der Waals surface area contributed by atoms with Crippen LogP contribution in [0.4, 0.5) is 0 Å². The Morgan fingerprint density at radius 1 is 1.24 bits per heavy atom. The van der Waals surface area contributed by atoms with Gasteiger partial charge in [0.2, 0.25) is 0 Å². The fourth-order valence-electron chi connectivity index (χ4n) is 2.14. The molecule has 0 unspecified atom stereocenters. The number of carbonyl (C=O) groups is 1. The third-order valence-corrected chi connectivity index (χ3v) is 3.51. The average Bonchev–Trinajstić information content (AvgIpc) is 2.31. The van der Waals surface area contributed by atoms with E-state index in [4.69, 9.17) is 11.6 Å². The van der Waals surface area contributed by atoms with Crippen molar-refractivity contribution in [3.8, 4) is 0 Å². The van der Waals surface area contributed by atoms with E-state index in [1.54, 1.807) is 0 Å². The summed E-state index contributed by atoms with van der Waals surface area (Å²) in [5, 5.41) is 0.726. The molecule has 0 amide bonds. The maximum absolute atomic E-state index is 12.3. The van der Waals surface area contributed by atoms with Crippen LogP contribution < -0.4 is 0 Å². The number of hydrogen-bond donors (Lipinski definition) is 0. The molecule has 0 atom stereocenters. The maximum Gasteiger partial charge on any atom is 0.165 e. The van der Waals surface area contributed by atoms with Gasteiger partial charge in [-0.2, -0.15) is 0 Å². The van der Waals surface area contributed by atoms with Crippen LogP contribution in [0, 0.1) is 12.8 Å². The number of rotatable bonds is 6. The molecule has 2 heteroatoms. The van der Waals surface area contributed by atoms with E-state index in [2.05, 4.69) is 13.8 Å². The predicted molar refractivity (Wildman–Crippen MR) is 73.8 cm³/mol. The van der Waals surface area contributed by atoms with Crippen molar-refractivity contribution in [1.29, 1.82) is 0 Å². The second-order valence-corrected chi connectivity index (χ2v) is 5.01. The molecule has 0 aliphatic heterocycles. The fraction of sp³-hybridized carbons (Fsp3) is 0.533. The van der Waals surface area contributed by atoms with E-state index in [-0.39, 0.29) is 11.7 Å². The highest BCUT2D eigenvalue weighted by atomic mass is 35.5. The summed E-state index contributed by atoms with van der Waals surface area (Å²) in [5.74, 6) is 0.444. The molecule has 1 aromatic rings. The number of hydrogen-bond acceptors (Lipinski definition) is 1. The Morgan fingerprint density at radius 3 is 2.29 bits per heavy atom. The molecule has 94 valence electrons. The quantitative estimate of drug-likeness (QED) is 0.648. The third-order valence-electron chi connectivity index (χ3n) is 3.09. The van der Waals surface area contributed by atoms with Gasteiger partial charge in [0.25, 0.3) is 0 Å². The second-order valence-electron chi connectivity index (χ2n) is 4.60. The maximum atomic E-state index is 12.3. The molecule has 0 heterocycles. The van der Waals surface area contributed by atoms with Crippen molar-refractivity contribution in [3.05, 3.63) is 34.3 Å². The highest BCUT2D eigenvalue weighted by Gasteiger charge is 2.18. The first-order valence-corrected chi connectivity index (χ1v) is 6.78. The Kier molecular flexibility index (Phi) is 5.70. The van der Waals surface area contributed by atoms with E-state index in [0.717, 1.165) is 41.8 Å². The number of carbonyl (C=O) groups excluding carboxylic acids is 1. The zero-order valence-electron chi connectivity index (χ0n) is 10.9. The predicted octanol–water partition coefficient (Wildman–Crippen LogP) is 5.05. The van der Waals surface area contributed by atoms with Crippen molar-refractivity contribution in [2.45, 2.75) is 46.5 Å². The average molecular weight is 253 g/mol. The molecule has 0 bridgehead atoms. The molecule has 0 aliphatic rings. The summed E-state index contributed by atoms with van der Waals surface area (Å²) in [6.07, 6.45) is 4.08. The van der Waals surface area contributed by atoms with Gasteiger partial charge in [0.05, 0.1) is 0 Å². The van der Waals surface area contributed by atoms with Gasteiger partial charge in [0.15, 0.2) is 5.78 Å². The molecule has 0 N–H and O–H groups in total. The summed E-state index contributed by atoms with van der Waals surface area (Å²) in [6, 6.07) is 5.57. The summed E-state index contributed by atoms with van der Waals surface area (Å²) in [5.41, 5.74) is 1.78. The SMILES string of the molecule is CCCC(CCC)C(=O)c1ccc(Cl)c(C)c1. The zero-order valence-corrected chi connectivity index (χ0v) is 11.7. The van der Waals surface area contributed by atoms with Crippen LogP contribution in [0.25, 0.3) is 0 Å². The van der Waals surface area contributed by atoms with Gasteiger partial charge >= 0.3 is 0 Å². The molecule has 0 spiro atoms. The van der Waals surface area contributed by atoms with E-state index < -0.39 is 0 Å². The van der Waals surface area contributed by atoms with Crippen LogP contribution in [-0.2, 0) is 0 Å². The van der Waals surface area contributed by atoms with Crippen molar-refractivity contribution in [2.24, 2.45) is 5.92 Å². The van der Waals surface area contributed by atoms with Gasteiger partial charge in [0.1, 0.15) is 0 Å². The molecule has 1 rings (SSSR count). The molecule has 0 fully saturated rings. The van der Waals surface area contributed by atoms with Gasteiger partial charge in [-0.05, 0) is 43.5 Å². The first kappa shape index (κ1) is 14.2. The first-order chi connectivity index (χ1) is 8.10. The van der Waals surface area contributed by atoms with E-state index >= 15 is 0 Å². The standard InChI is InChI=1S/C15H21ClO/c1-4-6-12(7-5-2)15(17)13-8-9-14(16)11(3)10-13/h8-10,12H,4-7H2,1-3H3. The smallest absolute Gasteiger partial charge is 0.165 e. The molecule has 1 nitrogen and oxygen atoms in total. The summed E-state index contributed by atoms with van der Waals surface area (Å²) < 4.78 is 0. The number of aryl methyl sites for hydroxylation is 1. The van der Waals surface area contributed by atoms with Crippen LogP contribution >= 0.6 is 11.6 Å². The van der Waals surface area contributed by atoms with Gasteiger partial charge < -0.3 is 0 Å². The Balaban J connectivity index is 2.88. The van der Waals surface area contributed by atoms with Crippen LogP contribution in [0.1, 0.15) is 55.5 Å². The minimum Gasteiger partial charge on any atom is -0.294 e. The van der Waals surface area contributed by atoms with Crippen molar-refractivity contribution in [2.75, 3.05) is 0 Å².